The van der Waals surface area contributed by atoms with Crippen LogP contribution in [0.5, 0.6) is 5.75 Å². The van der Waals surface area contributed by atoms with Gasteiger partial charge in [-0.1, -0.05) is 0 Å². The summed E-state index contributed by atoms with van der Waals surface area (Å²) in [6, 6.07) is 5.13. The van der Waals surface area contributed by atoms with Crippen LogP contribution in [0.1, 0.15) is 0 Å². The van der Waals surface area contributed by atoms with E-state index in [1.54, 1.807) is 0 Å². The number of amides is 1. The van der Waals surface area contributed by atoms with Crippen LogP contribution in [0.3, 0.4) is 0 Å². The van der Waals surface area contributed by atoms with Gasteiger partial charge in [0.15, 0.2) is 6.61 Å². The Morgan fingerprint density at radius 1 is 1.25 bits per heavy atom. The second kappa shape index (κ2) is 5.83. The minimum Gasteiger partial charge on any atom is -0.484 e. The first kappa shape index (κ1) is 13.5. The Kier molecular flexibility index (Phi) is 3.94. The van der Waals surface area contributed by atoms with Gasteiger partial charge < -0.3 is 15.0 Å². The summed E-state index contributed by atoms with van der Waals surface area (Å²) in [5.41, 5.74) is -1.49. The third-order valence-electron chi connectivity index (χ3n) is 2.28. The molecule has 7 nitrogen and oxygen atoms in total. The van der Waals surface area contributed by atoms with E-state index in [2.05, 4.69) is 10.3 Å². The monoisotopic (exact) mass is 279 g/mol. The number of anilines is 1. The number of hydrogen-bond donors (Lipinski definition) is 3. The number of hydrogen-bond acceptors (Lipinski definition) is 4. The molecule has 0 radical (unpaired) electrons. The number of aromatic amines is 2. The molecule has 0 atom stereocenters. The van der Waals surface area contributed by atoms with Crippen molar-refractivity contribution >= 4 is 11.6 Å². The average Bonchev–Trinajstić information content (AvgIpc) is 2.41. The molecule has 0 fully saturated rings. The number of H-pyrrole nitrogens is 2. The smallest absolute Gasteiger partial charge is 0.325 e. The Bertz CT molecular complexity index is 720. The highest BCUT2D eigenvalue weighted by Crippen LogP contribution is 2.10. The summed E-state index contributed by atoms with van der Waals surface area (Å²) in [5, 5.41) is 2.27. The van der Waals surface area contributed by atoms with E-state index in [4.69, 9.17) is 4.74 Å². The second-order valence-corrected chi connectivity index (χ2v) is 3.78. The molecule has 2 rings (SSSR count). The van der Waals surface area contributed by atoms with Crippen molar-refractivity contribution in [2.75, 3.05) is 11.9 Å². The maximum atomic E-state index is 12.6. The molecular formula is C12H10FN3O4. The molecule has 0 aliphatic heterocycles. The molecule has 0 unspecified atom stereocenters. The van der Waals surface area contributed by atoms with Gasteiger partial charge in [-0.25, -0.2) is 9.18 Å². The van der Waals surface area contributed by atoms with Crippen LogP contribution < -0.4 is 21.3 Å². The fourth-order valence-corrected chi connectivity index (χ4v) is 1.37. The van der Waals surface area contributed by atoms with E-state index in [0.717, 1.165) is 6.20 Å². The largest absolute Gasteiger partial charge is 0.484 e. The zero-order chi connectivity index (χ0) is 14.5. The highest BCUT2D eigenvalue weighted by atomic mass is 19.1. The third kappa shape index (κ3) is 3.55. The van der Waals surface area contributed by atoms with E-state index in [1.807, 2.05) is 4.98 Å². The first-order valence-electron chi connectivity index (χ1n) is 5.55. The van der Waals surface area contributed by atoms with Crippen LogP contribution in [-0.2, 0) is 4.79 Å². The Morgan fingerprint density at radius 3 is 2.60 bits per heavy atom. The van der Waals surface area contributed by atoms with Crippen LogP contribution in [0.4, 0.5) is 10.1 Å². The maximum absolute atomic E-state index is 12.6. The first-order valence-corrected chi connectivity index (χ1v) is 5.55. The first-order chi connectivity index (χ1) is 9.54. The van der Waals surface area contributed by atoms with Crippen molar-refractivity contribution < 1.29 is 13.9 Å². The summed E-state index contributed by atoms with van der Waals surface area (Å²) in [7, 11) is 0. The molecule has 0 aliphatic carbocycles. The Hall–Kier alpha value is -2.90. The second-order valence-electron chi connectivity index (χ2n) is 3.78. The third-order valence-corrected chi connectivity index (χ3v) is 2.28. The molecule has 2 aromatic rings. The summed E-state index contributed by atoms with van der Waals surface area (Å²) >= 11 is 0. The van der Waals surface area contributed by atoms with Gasteiger partial charge in [0.1, 0.15) is 17.3 Å². The molecule has 104 valence electrons. The van der Waals surface area contributed by atoms with Gasteiger partial charge in [-0.3, -0.25) is 14.6 Å². The van der Waals surface area contributed by atoms with Crippen LogP contribution in [0, 0.1) is 5.82 Å². The topological polar surface area (TPSA) is 104 Å². The molecule has 3 N–H and O–H groups in total. The highest BCUT2D eigenvalue weighted by molar-refractivity contribution is 5.91. The van der Waals surface area contributed by atoms with Crippen molar-refractivity contribution in [2.24, 2.45) is 0 Å². The number of carbonyl (C=O) groups excluding carboxylic acids is 1. The average molecular weight is 279 g/mol. The van der Waals surface area contributed by atoms with Gasteiger partial charge in [-0.05, 0) is 24.3 Å². The predicted octanol–water partition coefficient (Wildman–Crippen LogP) is 0.220. The number of carbonyl (C=O) groups is 1. The number of aromatic nitrogens is 2. The molecule has 0 bridgehead atoms. The minimum absolute atomic E-state index is 0.0997. The van der Waals surface area contributed by atoms with Crippen LogP contribution in [0.15, 0.2) is 40.1 Å². The van der Waals surface area contributed by atoms with Gasteiger partial charge in [-0.2, -0.15) is 0 Å². The van der Waals surface area contributed by atoms with Gasteiger partial charge in [0.25, 0.3) is 11.5 Å². The molecular weight excluding hydrogens is 269 g/mol. The van der Waals surface area contributed by atoms with E-state index in [-0.39, 0.29) is 12.3 Å². The SMILES string of the molecule is O=C(COc1ccc(F)cc1)Nc1c[nH]c(=O)[nH]c1=O. The van der Waals surface area contributed by atoms with E-state index in [9.17, 15) is 18.8 Å². The quantitative estimate of drug-likeness (QED) is 0.744. The van der Waals surface area contributed by atoms with Crippen molar-refractivity contribution in [2.45, 2.75) is 0 Å². The molecule has 1 aromatic heterocycles. The van der Waals surface area contributed by atoms with Gasteiger partial charge in [0, 0.05) is 6.20 Å². The summed E-state index contributed by atoms with van der Waals surface area (Å²) in [5.74, 6) is -0.689. The molecule has 8 heteroatoms. The maximum Gasteiger partial charge on any atom is 0.325 e. The van der Waals surface area contributed by atoms with Gasteiger partial charge in [0.2, 0.25) is 0 Å². The standard InChI is InChI=1S/C12H10FN3O4/c13-7-1-3-8(4-2-7)20-6-10(17)15-9-5-14-12(19)16-11(9)18/h1-5H,6H2,(H,15,17)(H2,14,16,18,19). The van der Waals surface area contributed by atoms with Crippen LogP contribution in [0.25, 0.3) is 0 Å². The summed E-state index contributed by atoms with van der Waals surface area (Å²) in [4.78, 5) is 37.8. The van der Waals surface area contributed by atoms with E-state index in [1.165, 1.54) is 24.3 Å². The number of rotatable bonds is 4. The van der Waals surface area contributed by atoms with E-state index in [0.29, 0.717) is 5.75 Å². The zero-order valence-electron chi connectivity index (χ0n) is 10.1. The Morgan fingerprint density at radius 2 is 1.95 bits per heavy atom. The van der Waals surface area contributed by atoms with E-state index < -0.39 is 23.0 Å². The van der Waals surface area contributed by atoms with Gasteiger partial charge >= 0.3 is 5.69 Å². The molecule has 0 aliphatic rings. The Labute approximate surface area is 111 Å². The zero-order valence-corrected chi connectivity index (χ0v) is 10.1. The highest BCUT2D eigenvalue weighted by Gasteiger charge is 2.07. The summed E-state index contributed by atoms with van der Waals surface area (Å²) in [6.45, 7) is -0.357. The molecule has 1 amide bonds. The molecule has 0 saturated carbocycles. The molecule has 0 spiro atoms. The van der Waals surface area contributed by atoms with E-state index >= 15 is 0 Å². The molecule has 1 heterocycles. The normalized spacial score (nSPS) is 10.1. The number of ether oxygens (including phenoxy) is 1. The van der Waals surface area contributed by atoms with Crippen LogP contribution >= 0.6 is 0 Å². The van der Waals surface area contributed by atoms with Crippen molar-refractivity contribution in [3.63, 3.8) is 0 Å². The lowest BCUT2D eigenvalue weighted by Gasteiger charge is -2.06. The minimum atomic E-state index is -0.719. The van der Waals surface area contributed by atoms with Crippen molar-refractivity contribution in [3.05, 3.63) is 57.1 Å². The van der Waals surface area contributed by atoms with Crippen molar-refractivity contribution in [1.82, 2.24) is 9.97 Å². The number of halogens is 1. The Balaban J connectivity index is 1.94. The lowest BCUT2D eigenvalue weighted by atomic mass is 10.3. The number of benzene rings is 1. The fraction of sp³-hybridized carbons (Fsp3) is 0.0833. The molecule has 0 saturated heterocycles. The van der Waals surface area contributed by atoms with Crippen LogP contribution in [-0.4, -0.2) is 22.5 Å². The van der Waals surface area contributed by atoms with Gasteiger partial charge in [0.05, 0.1) is 0 Å². The van der Waals surface area contributed by atoms with Gasteiger partial charge in [-0.15, -0.1) is 0 Å². The summed E-state index contributed by atoms with van der Waals surface area (Å²) in [6.07, 6.45) is 1.08. The molecule has 1 aromatic carbocycles. The molecule has 20 heavy (non-hydrogen) atoms. The fourth-order valence-electron chi connectivity index (χ4n) is 1.37. The number of nitrogens with one attached hydrogen (secondary N) is 3. The lowest BCUT2D eigenvalue weighted by molar-refractivity contribution is -0.118. The van der Waals surface area contributed by atoms with Crippen molar-refractivity contribution in [3.8, 4) is 5.75 Å². The predicted molar refractivity (Wildman–Crippen MR) is 68.2 cm³/mol. The van der Waals surface area contributed by atoms with Crippen LogP contribution in [0.2, 0.25) is 0 Å². The van der Waals surface area contributed by atoms with Crippen molar-refractivity contribution in [1.29, 1.82) is 0 Å². The summed E-state index contributed by atoms with van der Waals surface area (Å²) < 4.78 is 17.7. The lowest BCUT2D eigenvalue weighted by Crippen LogP contribution is -2.28.